The van der Waals surface area contributed by atoms with E-state index in [-0.39, 0.29) is 16.7 Å². The first-order valence-corrected chi connectivity index (χ1v) is 11.8. The number of carbonyl (C=O) groups is 3. The normalized spacial score (nSPS) is 25.9. The van der Waals surface area contributed by atoms with Gasteiger partial charge in [-0.1, -0.05) is 11.8 Å². The van der Waals surface area contributed by atoms with Crippen LogP contribution in [-0.4, -0.2) is 94.2 Å². The fourth-order valence-electron chi connectivity index (χ4n) is 3.08. The lowest BCUT2D eigenvalue weighted by Gasteiger charge is -2.56. The van der Waals surface area contributed by atoms with Crippen molar-refractivity contribution in [3.63, 3.8) is 0 Å². The maximum Gasteiger partial charge on any atom is 0.352 e. The van der Waals surface area contributed by atoms with Gasteiger partial charge in [-0.25, -0.2) is 9.89 Å². The summed E-state index contributed by atoms with van der Waals surface area (Å²) in [5.74, 6) is -2.56. The molecule has 3 heterocycles. The number of nitrogens with zero attached hydrogens (tertiary/aromatic N) is 4. The zero-order valence-electron chi connectivity index (χ0n) is 15.6. The number of aromatic nitrogens is 4. The number of thioether (sulfide) groups is 2. The second-order valence-corrected chi connectivity index (χ2v) is 10.0. The first-order valence-electron chi connectivity index (χ1n) is 8.19. The number of H-pyrrole nitrogens is 1. The van der Waals surface area contributed by atoms with Crippen LogP contribution in [0.1, 0.15) is 6.92 Å². The monoisotopic (exact) mass is 462 g/mol. The standard InChI is InChI=1S/C14H18N6O6S3/c1-6(28-13-16-18-19-17-13)7-4-27-12-14(26-2,15-8(21)5-29(3)25)11(24)20(12)9(7)10(22)23/h6,12H,4-5H2,1-3H3,(H,15,21)(H,22,23)(H,16,17,18,19)/t6?,12-,14-,29?/m0/s1. The molecule has 29 heavy (non-hydrogen) atoms. The maximum absolute atomic E-state index is 12.9. The number of rotatable bonds is 8. The molecule has 0 aromatic carbocycles. The number of carboxylic acid groups (broad SMARTS) is 1. The molecule has 0 saturated carbocycles. The lowest BCUT2D eigenvalue weighted by molar-refractivity contribution is -0.192. The number of hydrogen-bond donors (Lipinski definition) is 3. The largest absolute Gasteiger partial charge is 0.616 e. The summed E-state index contributed by atoms with van der Waals surface area (Å²) in [5.41, 5.74) is -1.31. The molecule has 0 spiro atoms. The van der Waals surface area contributed by atoms with Crippen LogP contribution in [0.25, 0.3) is 0 Å². The number of aliphatic carboxylic acids is 1. The van der Waals surface area contributed by atoms with Crippen molar-refractivity contribution in [1.82, 2.24) is 30.8 Å². The van der Waals surface area contributed by atoms with Gasteiger partial charge in [-0.3, -0.25) is 14.5 Å². The summed E-state index contributed by atoms with van der Waals surface area (Å²) in [6, 6.07) is 0. The predicted octanol–water partition coefficient (Wildman–Crippen LogP) is -1.23. The molecule has 4 atom stereocenters. The zero-order chi connectivity index (χ0) is 21.3. The number of carbonyl (C=O) groups excluding carboxylic acids is 2. The number of methoxy groups -OCH3 is 1. The van der Waals surface area contributed by atoms with Crippen LogP contribution in [0.15, 0.2) is 16.4 Å². The number of tetrazole rings is 1. The molecule has 2 unspecified atom stereocenters. The Labute approximate surface area is 176 Å². The van der Waals surface area contributed by atoms with Crippen molar-refractivity contribution in [2.75, 3.05) is 24.9 Å². The van der Waals surface area contributed by atoms with Gasteiger partial charge < -0.3 is 19.7 Å². The van der Waals surface area contributed by atoms with Gasteiger partial charge in [0.15, 0.2) is 5.75 Å². The fraction of sp³-hybridized carbons (Fsp3) is 0.571. The number of nitrogens with one attached hydrogen (secondary N) is 2. The molecule has 1 aromatic rings. The molecule has 3 N–H and O–H groups in total. The molecule has 158 valence electrons. The average Bonchev–Trinajstić information content (AvgIpc) is 3.16. The van der Waals surface area contributed by atoms with Crippen LogP contribution in [0.3, 0.4) is 0 Å². The van der Waals surface area contributed by atoms with Gasteiger partial charge in [0.2, 0.25) is 5.16 Å². The topological polar surface area (TPSA) is 173 Å². The first-order chi connectivity index (χ1) is 13.7. The van der Waals surface area contributed by atoms with Gasteiger partial charge in [-0.2, -0.15) is 0 Å². The lowest BCUT2D eigenvalue weighted by Crippen LogP contribution is -2.81. The SMILES string of the molecule is CO[C@@]1(NC(=O)C[S+](C)[O-])C(=O)N2C(C(=O)O)=C(C(C)Sc3nnn[nH]3)CS[C@H]21. The Bertz CT molecular complexity index is 849. The van der Waals surface area contributed by atoms with Crippen LogP contribution in [-0.2, 0) is 30.3 Å². The zero-order valence-corrected chi connectivity index (χ0v) is 18.0. The van der Waals surface area contributed by atoms with Crippen LogP contribution in [0.5, 0.6) is 0 Å². The molecule has 1 fully saturated rings. The Balaban J connectivity index is 1.87. The maximum atomic E-state index is 12.9. The number of amides is 2. The van der Waals surface area contributed by atoms with E-state index in [2.05, 4.69) is 25.9 Å². The highest BCUT2D eigenvalue weighted by Crippen LogP contribution is 2.48. The van der Waals surface area contributed by atoms with E-state index in [4.69, 9.17) is 4.74 Å². The van der Waals surface area contributed by atoms with Gasteiger partial charge in [0.1, 0.15) is 11.1 Å². The highest BCUT2D eigenvalue weighted by molar-refractivity contribution is 8.01. The summed E-state index contributed by atoms with van der Waals surface area (Å²) in [6.07, 6.45) is 1.37. The Morgan fingerprint density at radius 1 is 1.62 bits per heavy atom. The van der Waals surface area contributed by atoms with E-state index in [1.807, 2.05) is 0 Å². The molecule has 2 amide bonds. The number of hydrogen-bond acceptors (Lipinski definition) is 10. The van der Waals surface area contributed by atoms with E-state index in [1.54, 1.807) is 6.92 Å². The van der Waals surface area contributed by atoms with Gasteiger partial charge in [0.25, 0.3) is 17.5 Å². The van der Waals surface area contributed by atoms with Crippen molar-refractivity contribution in [3.8, 4) is 0 Å². The highest BCUT2D eigenvalue weighted by Gasteiger charge is 2.66. The van der Waals surface area contributed by atoms with Gasteiger partial charge in [-0.05, 0) is 34.1 Å². The van der Waals surface area contributed by atoms with Gasteiger partial charge in [0, 0.05) is 18.1 Å². The van der Waals surface area contributed by atoms with Crippen molar-refractivity contribution in [2.24, 2.45) is 0 Å². The van der Waals surface area contributed by atoms with Gasteiger partial charge in [-0.15, -0.1) is 16.9 Å². The average molecular weight is 463 g/mol. The van der Waals surface area contributed by atoms with Crippen LogP contribution in [0, 0.1) is 0 Å². The summed E-state index contributed by atoms with van der Waals surface area (Å²) in [4.78, 5) is 38.1. The van der Waals surface area contributed by atoms with Crippen LogP contribution < -0.4 is 5.32 Å². The number of β-lactam (4-membered cyclic amide) rings is 1. The minimum atomic E-state index is -1.70. The Morgan fingerprint density at radius 3 is 2.90 bits per heavy atom. The molecule has 0 aliphatic carbocycles. The van der Waals surface area contributed by atoms with Gasteiger partial charge >= 0.3 is 5.97 Å². The molecule has 12 nitrogen and oxygen atoms in total. The number of carboxylic acids is 1. The molecule has 2 aliphatic heterocycles. The lowest BCUT2D eigenvalue weighted by atomic mass is 9.97. The second-order valence-electron chi connectivity index (χ2n) is 6.19. The fourth-order valence-corrected chi connectivity index (χ4v) is 6.04. The molecule has 15 heteroatoms. The quantitative estimate of drug-likeness (QED) is 0.183. The van der Waals surface area contributed by atoms with E-state index in [0.717, 1.165) is 4.90 Å². The molecular weight excluding hydrogens is 444 g/mol. The molecule has 1 aromatic heterocycles. The summed E-state index contributed by atoms with van der Waals surface area (Å²) in [6.45, 7) is 1.79. The molecule has 1 saturated heterocycles. The molecular formula is C14H18N6O6S3. The third kappa shape index (κ3) is 3.96. The van der Waals surface area contributed by atoms with Crippen molar-refractivity contribution >= 4 is 52.5 Å². The van der Waals surface area contributed by atoms with Crippen molar-refractivity contribution in [3.05, 3.63) is 11.3 Å². The molecule has 0 bridgehead atoms. The van der Waals surface area contributed by atoms with E-state index in [9.17, 15) is 24.0 Å². The van der Waals surface area contributed by atoms with Crippen molar-refractivity contribution in [1.29, 1.82) is 0 Å². The molecule has 0 radical (unpaired) electrons. The van der Waals surface area contributed by atoms with Crippen LogP contribution in [0.2, 0.25) is 0 Å². The second kappa shape index (κ2) is 8.51. The van der Waals surface area contributed by atoms with Crippen LogP contribution >= 0.6 is 23.5 Å². The van der Waals surface area contributed by atoms with Crippen molar-refractivity contribution < 1.29 is 28.8 Å². The summed E-state index contributed by atoms with van der Waals surface area (Å²) >= 11 is 1.10. The molecule has 2 aliphatic rings. The Kier molecular flexibility index (Phi) is 6.42. The third-order valence-electron chi connectivity index (χ3n) is 4.35. The number of fused-ring (bicyclic) bond motifs is 1. The van der Waals surface area contributed by atoms with Crippen molar-refractivity contribution in [2.45, 2.75) is 28.4 Å². The smallest absolute Gasteiger partial charge is 0.352 e. The van der Waals surface area contributed by atoms with E-state index >= 15 is 0 Å². The highest BCUT2D eigenvalue weighted by atomic mass is 32.2. The Morgan fingerprint density at radius 2 is 2.34 bits per heavy atom. The minimum Gasteiger partial charge on any atom is -0.616 e. The number of aromatic amines is 1. The molecule has 3 rings (SSSR count). The predicted molar refractivity (Wildman–Crippen MR) is 104 cm³/mol. The summed E-state index contributed by atoms with van der Waals surface area (Å²) in [7, 11) is 1.26. The first kappa shape index (κ1) is 21.9. The van der Waals surface area contributed by atoms with Gasteiger partial charge in [0.05, 0.1) is 6.26 Å². The van der Waals surface area contributed by atoms with E-state index in [1.165, 1.54) is 36.9 Å². The summed E-state index contributed by atoms with van der Waals surface area (Å²) in [5, 5.41) is 24.9. The third-order valence-corrected chi connectivity index (χ3v) is 7.39. The van der Waals surface area contributed by atoms with E-state index < -0.39 is 40.1 Å². The minimum absolute atomic E-state index is 0.146. The Hall–Kier alpha value is -1.81. The number of ether oxygens (including phenoxy) is 1. The summed E-state index contributed by atoms with van der Waals surface area (Å²) < 4.78 is 16.6. The van der Waals surface area contributed by atoms with E-state index in [0.29, 0.717) is 16.5 Å². The van der Waals surface area contributed by atoms with Crippen LogP contribution in [0.4, 0.5) is 0 Å².